The van der Waals surface area contributed by atoms with Gasteiger partial charge in [0, 0.05) is 13.1 Å². The highest BCUT2D eigenvalue weighted by Gasteiger charge is 2.27. The lowest BCUT2D eigenvalue weighted by atomic mass is 10.1. The van der Waals surface area contributed by atoms with E-state index < -0.39 is 4.92 Å². The van der Waals surface area contributed by atoms with Gasteiger partial charge in [0.2, 0.25) is 11.1 Å². The molecule has 7 heteroatoms. The van der Waals surface area contributed by atoms with Crippen molar-refractivity contribution in [1.29, 1.82) is 0 Å². The van der Waals surface area contributed by atoms with E-state index in [9.17, 15) is 10.1 Å². The summed E-state index contributed by atoms with van der Waals surface area (Å²) in [5.74, 6) is 1.04. The molecule has 1 heterocycles. The third-order valence-corrected chi connectivity index (χ3v) is 2.83. The summed E-state index contributed by atoms with van der Waals surface area (Å²) in [5.41, 5.74) is 0.234. The van der Waals surface area contributed by atoms with Crippen molar-refractivity contribution < 1.29 is 4.92 Å². The standard InChI is InChI=1S/C13H21ClN4O2/c1-8(2)6-17(7-9(3)4)12-11(18(19)20)10(5)15-13(14)16-12/h8-9H,6-7H2,1-5H3. The van der Waals surface area contributed by atoms with Crippen LogP contribution in [-0.2, 0) is 0 Å². The van der Waals surface area contributed by atoms with Gasteiger partial charge >= 0.3 is 5.69 Å². The van der Waals surface area contributed by atoms with Gasteiger partial charge in [-0.3, -0.25) is 10.1 Å². The fraction of sp³-hybridized carbons (Fsp3) is 0.692. The molecule has 20 heavy (non-hydrogen) atoms. The first kappa shape index (κ1) is 16.6. The highest BCUT2D eigenvalue weighted by molar-refractivity contribution is 6.28. The molecule has 1 aromatic heterocycles. The second-order valence-corrected chi connectivity index (χ2v) is 6.04. The lowest BCUT2D eigenvalue weighted by Crippen LogP contribution is -2.33. The van der Waals surface area contributed by atoms with Crippen molar-refractivity contribution >= 4 is 23.1 Å². The minimum absolute atomic E-state index is 0.0422. The molecule has 1 rings (SSSR count). The Morgan fingerprint density at radius 1 is 1.20 bits per heavy atom. The molecule has 0 saturated heterocycles. The zero-order valence-electron chi connectivity index (χ0n) is 12.6. The Kier molecular flexibility index (Phi) is 5.68. The van der Waals surface area contributed by atoms with E-state index in [2.05, 4.69) is 37.7 Å². The van der Waals surface area contributed by atoms with Crippen molar-refractivity contribution in [3.63, 3.8) is 0 Å². The van der Waals surface area contributed by atoms with Crippen LogP contribution in [0.5, 0.6) is 0 Å². The van der Waals surface area contributed by atoms with E-state index in [-0.39, 0.29) is 11.0 Å². The van der Waals surface area contributed by atoms with Crippen LogP contribution in [0.2, 0.25) is 5.28 Å². The molecular formula is C13H21ClN4O2. The van der Waals surface area contributed by atoms with Crippen molar-refractivity contribution in [2.45, 2.75) is 34.6 Å². The first-order valence-corrected chi connectivity index (χ1v) is 7.03. The second-order valence-electron chi connectivity index (χ2n) is 5.70. The molecule has 0 amide bonds. The fourth-order valence-electron chi connectivity index (χ4n) is 2.08. The van der Waals surface area contributed by atoms with E-state index in [1.165, 1.54) is 0 Å². The van der Waals surface area contributed by atoms with E-state index in [0.29, 0.717) is 36.4 Å². The number of anilines is 1. The average molecular weight is 301 g/mol. The Bertz CT molecular complexity index is 482. The van der Waals surface area contributed by atoms with Crippen LogP contribution in [0, 0.1) is 28.9 Å². The van der Waals surface area contributed by atoms with Gasteiger partial charge in [0.05, 0.1) is 4.92 Å². The van der Waals surface area contributed by atoms with Crippen LogP contribution in [0.15, 0.2) is 0 Å². The fourth-order valence-corrected chi connectivity index (χ4v) is 2.29. The van der Waals surface area contributed by atoms with Gasteiger partial charge in [0.25, 0.3) is 0 Å². The lowest BCUT2D eigenvalue weighted by molar-refractivity contribution is -0.385. The molecule has 0 atom stereocenters. The summed E-state index contributed by atoms with van der Waals surface area (Å²) in [4.78, 5) is 20.8. The Morgan fingerprint density at radius 2 is 1.70 bits per heavy atom. The first-order chi connectivity index (χ1) is 9.22. The van der Waals surface area contributed by atoms with Gasteiger partial charge in [-0.25, -0.2) is 4.98 Å². The number of nitro groups is 1. The average Bonchev–Trinajstić information content (AvgIpc) is 2.24. The van der Waals surface area contributed by atoms with E-state index in [4.69, 9.17) is 11.6 Å². The van der Waals surface area contributed by atoms with E-state index >= 15 is 0 Å². The molecule has 0 spiro atoms. The normalized spacial score (nSPS) is 11.2. The minimum Gasteiger partial charge on any atom is -0.350 e. The summed E-state index contributed by atoms with van der Waals surface area (Å²) in [5, 5.41) is 11.3. The van der Waals surface area contributed by atoms with Gasteiger partial charge in [-0.15, -0.1) is 0 Å². The summed E-state index contributed by atoms with van der Waals surface area (Å²) < 4.78 is 0. The molecule has 6 nitrogen and oxygen atoms in total. The molecule has 0 bridgehead atoms. The number of hydrogen-bond donors (Lipinski definition) is 0. The van der Waals surface area contributed by atoms with Crippen LogP contribution in [0.25, 0.3) is 0 Å². The van der Waals surface area contributed by atoms with E-state index in [0.717, 1.165) is 0 Å². The zero-order valence-corrected chi connectivity index (χ0v) is 13.3. The molecule has 0 saturated carbocycles. The van der Waals surface area contributed by atoms with Crippen LogP contribution in [0.1, 0.15) is 33.4 Å². The maximum Gasteiger partial charge on any atom is 0.332 e. The van der Waals surface area contributed by atoms with Gasteiger partial charge in [-0.05, 0) is 30.4 Å². The smallest absolute Gasteiger partial charge is 0.332 e. The summed E-state index contributed by atoms with van der Waals surface area (Å²) in [6, 6.07) is 0. The molecule has 112 valence electrons. The Labute approximate surface area is 124 Å². The molecular weight excluding hydrogens is 280 g/mol. The van der Waals surface area contributed by atoms with Crippen LogP contribution >= 0.6 is 11.6 Å². The number of aryl methyl sites for hydroxylation is 1. The number of nitrogens with zero attached hydrogens (tertiary/aromatic N) is 4. The molecule has 0 aliphatic carbocycles. The predicted octanol–water partition coefficient (Wildman–Crippen LogP) is 3.47. The van der Waals surface area contributed by atoms with Crippen molar-refractivity contribution in [3.8, 4) is 0 Å². The summed E-state index contributed by atoms with van der Waals surface area (Å²) >= 11 is 5.87. The quantitative estimate of drug-likeness (QED) is 0.457. The van der Waals surface area contributed by atoms with Crippen LogP contribution < -0.4 is 4.90 Å². The molecule has 0 aromatic carbocycles. The third-order valence-electron chi connectivity index (χ3n) is 2.67. The van der Waals surface area contributed by atoms with Crippen LogP contribution in [0.4, 0.5) is 11.5 Å². The summed E-state index contributed by atoms with van der Waals surface area (Å²) in [6.45, 7) is 11.2. The number of halogens is 1. The zero-order chi connectivity index (χ0) is 15.4. The summed E-state index contributed by atoms with van der Waals surface area (Å²) in [7, 11) is 0. The van der Waals surface area contributed by atoms with Gasteiger partial charge in [0.15, 0.2) is 0 Å². The molecule has 0 N–H and O–H groups in total. The maximum absolute atomic E-state index is 11.3. The van der Waals surface area contributed by atoms with Gasteiger partial charge < -0.3 is 4.90 Å². The highest BCUT2D eigenvalue weighted by atomic mass is 35.5. The van der Waals surface area contributed by atoms with Gasteiger partial charge in [-0.2, -0.15) is 4.98 Å². The van der Waals surface area contributed by atoms with Crippen molar-refractivity contribution in [1.82, 2.24) is 9.97 Å². The van der Waals surface area contributed by atoms with Gasteiger partial charge in [0.1, 0.15) is 5.69 Å². The third kappa shape index (κ3) is 4.30. The first-order valence-electron chi connectivity index (χ1n) is 6.65. The van der Waals surface area contributed by atoms with E-state index in [1.54, 1.807) is 6.92 Å². The molecule has 0 unspecified atom stereocenters. The number of hydrogen-bond acceptors (Lipinski definition) is 5. The van der Waals surface area contributed by atoms with E-state index in [1.807, 2.05) is 4.90 Å². The SMILES string of the molecule is Cc1nc(Cl)nc(N(CC(C)C)CC(C)C)c1[N+](=O)[O-]. The largest absolute Gasteiger partial charge is 0.350 e. The Morgan fingerprint density at radius 3 is 2.10 bits per heavy atom. The molecule has 0 aliphatic heterocycles. The summed E-state index contributed by atoms with van der Waals surface area (Å²) in [6.07, 6.45) is 0. The lowest BCUT2D eigenvalue weighted by Gasteiger charge is -2.27. The topological polar surface area (TPSA) is 72.2 Å². The maximum atomic E-state index is 11.3. The molecule has 0 fully saturated rings. The number of rotatable bonds is 6. The second kappa shape index (κ2) is 6.83. The minimum atomic E-state index is -0.436. The predicted molar refractivity (Wildman–Crippen MR) is 80.3 cm³/mol. The van der Waals surface area contributed by atoms with Crippen molar-refractivity contribution in [2.24, 2.45) is 11.8 Å². The van der Waals surface area contributed by atoms with Gasteiger partial charge in [-0.1, -0.05) is 27.7 Å². The molecule has 0 radical (unpaired) electrons. The van der Waals surface area contributed by atoms with Crippen molar-refractivity contribution in [3.05, 3.63) is 21.1 Å². The highest BCUT2D eigenvalue weighted by Crippen LogP contribution is 2.30. The Hall–Kier alpha value is -1.43. The Balaban J connectivity index is 3.33. The molecule has 0 aliphatic rings. The van der Waals surface area contributed by atoms with Crippen LogP contribution in [0.3, 0.4) is 0 Å². The number of aromatic nitrogens is 2. The monoisotopic (exact) mass is 300 g/mol. The molecule has 1 aromatic rings. The van der Waals surface area contributed by atoms with Crippen LogP contribution in [-0.4, -0.2) is 28.0 Å². The van der Waals surface area contributed by atoms with Crippen molar-refractivity contribution in [2.75, 3.05) is 18.0 Å².